The van der Waals surface area contributed by atoms with Crippen LogP contribution in [0.5, 0.6) is 5.75 Å². The molecule has 0 radical (unpaired) electrons. The Morgan fingerprint density at radius 1 is 1.26 bits per heavy atom. The van der Waals surface area contributed by atoms with E-state index in [1.54, 1.807) is 7.11 Å². The van der Waals surface area contributed by atoms with Crippen LogP contribution < -0.4 is 10.1 Å². The van der Waals surface area contributed by atoms with Gasteiger partial charge in [-0.3, -0.25) is 4.79 Å². The Morgan fingerprint density at radius 3 is 2.59 bits per heavy atom. The van der Waals surface area contributed by atoms with Gasteiger partial charge in [-0.25, -0.2) is 0 Å². The largest absolute Gasteiger partial charge is 0.497 e. The van der Waals surface area contributed by atoms with Crippen molar-refractivity contribution in [3.8, 4) is 5.75 Å². The minimum absolute atomic E-state index is 0.0204. The van der Waals surface area contributed by atoms with Gasteiger partial charge in [0.05, 0.1) is 13.2 Å². The van der Waals surface area contributed by atoms with Gasteiger partial charge in [-0.15, -0.1) is 0 Å². The van der Waals surface area contributed by atoms with E-state index < -0.39 is 0 Å². The van der Waals surface area contributed by atoms with Crippen molar-refractivity contribution >= 4 is 5.91 Å². The predicted octanol–water partition coefficient (Wildman–Crippen LogP) is 4.35. The molecule has 4 nitrogen and oxygen atoms in total. The minimum atomic E-state index is 0.0204. The van der Waals surface area contributed by atoms with E-state index in [4.69, 9.17) is 9.47 Å². The summed E-state index contributed by atoms with van der Waals surface area (Å²) >= 11 is 0. The first kappa shape index (κ1) is 18.8. The topological polar surface area (TPSA) is 47.6 Å². The van der Waals surface area contributed by atoms with Crippen LogP contribution >= 0.6 is 0 Å². The van der Waals surface area contributed by atoms with Crippen LogP contribution in [-0.2, 0) is 9.53 Å². The number of fused-ring (bicyclic) bond motifs is 1. The van der Waals surface area contributed by atoms with Crippen molar-refractivity contribution in [1.82, 2.24) is 5.32 Å². The molecule has 4 heteroatoms. The molecule has 1 spiro atoms. The maximum absolute atomic E-state index is 12.6. The van der Waals surface area contributed by atoms with Crippen LogP contribution in [0, 0.1) is 28.6 Å². The number of rotatable bonds is 4. The van der Waals surface area contributed by atoms with Gasteiger partial charge in [0.1, 0.15) is 5.75 Å². The third-order valence-corrected chi connectivity index (χ3v) is 7.76. The SMILES string of the molecule is COc1ccc([C@H]2OCCC34C[C@@H](C[C@H]23)C(C)(C)[C@H]4NC(=O)C(C)C)cc1. The maximum Gasteiger partial charge on any atom is 0.222 e. The summed E-state index contributed by atoms with van der Waals surface area (Å²) < 4.78 is 11.6. The van der Waals surface area contributed by atoms with Crippen molar-refractivity contribution in [3.05, 3.63) is 29.8 Å². The van der Waals surface area contributed by atoms with Gasteiger partial charge in [0.15, 0.2) is 0 Å². The first-order chi connectivity index (χ1) is 12.8. The van der Waals surface area contributed by atoms with E-state index in [-0.39, 0.29) is 34.8 Å². The molecule has 27 heavy (non-hydrogen) atoms. The maximum atomic E-state index is 12.6. The summed E-state index contributed by atoms with van der Waals surface area (Å²) in [5.41, 5.74) is 1.53. The zero-order valence-corrected chi connectivity index (χ0v) is 17.2. The van der Waals surface area contributed by atoms with Crippen LogP contribution in [0.25, 0.3) is 0 Å². The molecule has 2 aliphatic carbocycles. The summed E-state index contributed by atoms with van der Waals surface area (Å²) in [5, 5.41) is 3.47. The summed E-state index contributed by atoms with van der Waals surface area (Å²) in [6, 6.07) is 8.56. The fraction of sp³-hybridized carbons (Fsp3) is 0.696. The van der Waals surface area contributed by atoms with Crippen molar-refractivity contribution < 1.29 is 14.3 Å². The molecule has 2 saturated carbocycles. The molecule has 4 rings (SSSR count). The molecule has 148 valence electrons. The molecule has 3 aliphatic rings. The average molecular weight is 372 g/mol. The highest BCUT2D eigenvalue weighted by molar-refractivity contribution is 5.78. The van der Waals surface area contributed by atoms with Gasteiger partial charge in [-0.05, 0) is 59.6 Å². The van der Waals surface area contributed by atoms with Crippen molar-refractivity contribution in [2.45, 2.75) is 59.1 Å². The minimum Gasteiger partial charge on any atom is -0.497 e. The highest BCUT2D eigenvalue weighted by Gasteiger charge is 2.68. The quantitative estimate of drug-likeness (QED) is 0.856. The molecule has 1 unspecified atom stereocenters. The Morgan fingerprint density at radius 2 is 1.96 bits per heavy atom. The summed E-state index contributed by atoms with van der Waals surface area (Å²) in [5.74, 6) is 2.19. The van der Waals surface area contributed by atoms with Gasteiger partial charge in [0.25, 0.3) is 0 Å². The molecule has 1 N–H and O–H groups in total. The normalized spacial score (nSPS) is 36.5. The van der Waals surface area contributed by atoms with Gasteiger partial charge in [0, 0.05) is 18.6 Å². The average Bonchev–Trinajstić information content (AvgIpc) is 3.14. The Balaban J connectivity index is 1.66. The number of methoxy groups -OCH3 is 1. The zero-order chi connectivity index (χ0) is 19.4. The number of hydrogen-bond donors (Lipinski definition) is 1. The van der Waals surface area contributed by atoms with Gasteiger partial charge in [-0.1, -0.05) is 39.8 Å². The first-order valence-corrected chi connectivity index (χ1v) is 10.4. The number of ether oxygens (including phenoxy) is 2. The third-order valence-electron chi connectivity index (χ3n) is 7.76. The van der Waals surface area contributed by atoms with Crippen molar-refractivity contribution in [3.63, 3.8) is 0 Å². The molecule has 3 fully saturated rings. The van der Waals surface area contributed by atoms with Crippen LogP contribution in [0.2, 0.25) is 0 Å². The first-order valence-electron chi connectivity index (χ1n) is 10.4. The fourth-order valence-electron chi connectivity index (χ4n) is 6.22. The van der Waals surface area contributed by atoms with E-state index in [1.807, 2.05) is 26.0 Å². The number of benzene rings is 1. The van der Waals surface area contributed by atoms with Crippen LogP contribution in [0.4, 0.5) is 0 Å². The summed E-state index contributed by atoms with van der Waals surface area (Å²) in [4.78, 5) is 12.6. The molecule has 1 amide bonds. The Bertz CT molecular complexity index is 711. The van der Waals surface area contributed by atoms with Gasteiger partial charge in [-0.2, -0.15) is 0 Å². The zero-order valence-electron chi connectivity index (χ0n) is 17.2. The molecule has 1 aromatic carbocycles. The van der Waals surface area contributed by atoms with Gasteiger partial charge in [0.2, 0.25) is 5.91 Å². The highest BCUT2D eigenvalue weighted by Crippen LogP contribution is 2.70. The number of carbonyl (C=O) groups is 1. The van der Waals surface area contributed by atoms with Crippen molar-refractivity contribution in [1.29, 1.82) is 0 Å². The van der Waals surface area contributed by atoms with Crippen LogP contribution in [0.15, 0.2) is 24.3 Å². The van der Waals surface area contributed by atoms with Crippen molar-refractivity contribution in [2.24, 2.45) is 28.6 Å². The van der Waals surface area contributed by atoms with E-state index in [2.05, 4.69) is 31.3 Å². The lowest BCUT2D eigenvalue weighted by Gasteiger charge is -2.53. The third kappa shape index (κ3) is 2.79. The number of nitrogens with one attached hydrogen (secondary N) is 1. The molecule has 5 atom stereocenters. The van der Waals surface area contributed by atoms with Crippen LogP contribution in [-0.4, -0.2) is 25.7 Å². The number of hydrogen-bond acceptors (Lipinski definition) is 3. The molecular weight excluding hydrogens is 338 g/mol. The smallest absolute Gasteiger partial charge is 0.222 e. The Hall–Kier alpha value is -1.55. The molecule has 1 saturated heterocycles. The second-order valence-corrected chi connectivity index (χ2v) is 9.71. The van der Waals surface area contributed by atoms with E-state index in [0.717, 1.165) is 18.8 Å². The fourth-order valence-corrected chi connectivity index (χ4v) is 6.22. The molecular formula is C23H33NO3. The number of carbonyl (C=O) groups excluding carboxylic acids is 1. The second-order valence-electron chi connectivity index (χ2n) is 9.71. The van der Waals surface area contributed by atoms with Gasteiger partial charge < -0.3 is 14.8 Å². The Kier molecular flexibility index (Phi) is 4.53. The predicted molar refractivity (Wildman–Crippen MR) is 106 cm³/mol. The van der Waals surface area contributed by atoms with Crippen LogP contribution in [0.3, 0.4) is 0 Å². The lowest BCUT2D eigenvalue weighted by molar-refractivity contribution is -0.139. The van der Waals surface area contributed by atoms with E-state index in [9.17, 15) is 4.79 Å². The standard InChI is InChI=1S/C23H33NO3/c1-14(2)20(25)24-21-22(3,4)16-12-18-19(27-11-10-23(18,21)13-16)15-6-8-17(26-5)9-7-15/h6-9,14,16,18-19,21H,10-13H2,1-5H3,(H,24,25)/t16-,18-,19-,21-,23?/m1/s1. The lowest BCUT2D eigenvalue weighted by Crippen LogP contribution is -2.59. The summed E-state index contributed by atoms with van der Waals surface area (Å²) in [6.45, 7) is 9.44. The van der Waals surface area contributed by atoms with Gasteiger partial charge >= 0.3 is 0 Å². The van der Waals surface area contributed by atoms with E-state index in [0.29, 0.717) is 11.8 Å². The molecule has 1 aliphatic heterocycles. The van der Waals surface area contributed by atoms with Crippen molar-refractivity contribution in [2.75, 3.05) is 13.7 Å². The van der Waals surface area contributed by atoms with Crippen LogP contribution in [0.1, 0.15) is 58.6 Å². The monoisotopic (exact) mass is 371 g/mol. The molecule has 2 bridgehead atoms. The highest BCUT2D eigenvalue weighted by atomic mass is 16.5. The summed E-state index contributed by atoms with van der Waals surface area (Å²) in [6.07, 6.45) is 3.57. The van der Waals surface area contributed by atoms with E-state index in [1.165, 1.54) is 18.4 Å². The molecule has 1 aromatic rings. The molecule has 1 heterocycles. The second kappa shape index (κ2) is 6.51. The lowest BCUT2D eigenvalue weighted by atomic mass is 9.58. The number of amides is 1. The molecule has 0 aromatic heterocycles. The Labute approximate surface area is 163 Å². The van der Waals surface area contributed by atoms with E-state index >= 15 is 0 Å². The summed E-state index contributed by atoms with van der Waals surface area (Å²) in [7, 11) is 1.70.